The Morgan fingerprint density at radius 2 is 1.96 bits per heavy atom. The Balaban J connectivity index is 1.53. The molecule has 3 aromatic rings. The van der Waals surface area contributed by atoms with Gasteiger partial charge in [-0.3, -0.25) is 19.8 Å². The average molecular weight is 378 g/mol. The number of furan rings is 1. The highest BCUT2D eigenvalue weighted by atomic mass is 16.5. The van der Waals surface area contributed by atoms with Gasteiger partial charge in [-0.25, -0.2) is 0 Å². The summed E-state index contributed by atoms with van der Waals surface area (Å²) in [6, 6.07) is 10.5. The molecular weight excluding hydrogens is 356 g/mol. The van der Waals surface area contributed by atoms with Crippen LogP contribution in [0, 0.1) is 0 Å². The van der Waals surface area contributed by atoms with Crippen molar-refractivity contribution in [3.8, 4) is 0 Å². The lowest BCUT2D eigenvalue weighted by molar-refractivity contribution is -0.134. The number of rotatable bonds is 3. The molecule has 2 aliphatic rings. The van der Waals surface area contributed by atoms with Crippen molar-refractivity contribution >= 4 is 33.6 Å². The minimum absolute atomic E-state index is 0.202. The number of morpholine rings is 1. The number of amides is 2. The summed E-state index contributed by atoms with van der Waals surface area (Å²) in [6.07, 6.45) is 2.55. The number of hydrogen-bond acceptors (Lipinski definition) is 5. The molecule has 6 nitrogen and oxygen atoms in total. The van der Waals surface area contributed by atoms with Gasteiger partial charge in [-0.15, -0.1) is 0 Å². The molecule has 2 fully saturated rings. The molecule has 1 N–H and O–H groups in total. The van der Waals surface area contributed by atoms with Gasteiger partial charge in [0.05, 0.1) is 25.4 Å². The number of nitrogens with one attached hydrogen (secondary N) is 1. The molecule has 0 radical (unpaired) electrons. The molecule has 1 atom stereocenters. The summed E-state index contributed by atoms with van der Waals surface area (Å²) in [5.74, 6) is -0.788. The number of carbonyl (C=O) groups excluding carboxylic acids is 2. The van der Waals surface area contributed by atoms with Crippen LogP contribution >= 0.6 is 0 Å². The maximum atomic E-state index is 12.4. The molecule has 6 heteroatoms. The molecule has 0 unspecified atom stereocenters. The Hall–Kier alpha value is -2.70. The summed E-state index contributed by atoms with van der Waals surface area (Å²) in [4.78, 5) is 26.3. The van der Waals surface area contributed by atoms with Crippen LogP contribution in [0.25, 0.3) is 21.7 Å². The van der Waals surface area contributed by atoms with Crippen LogP contribution in [0.3, 0.4) is 0 Å². The van der Waals surface area contributed by atoms with Crippen LogP contribution in [-0.4, -0.2) is 43.0 Å². The molecule has 2 saturated heterocycles. The van der Waals surface area contributed by atoms with Crippen molar-refractivity contribution in [1.29, 1.82) is 0 Å². The fourth-order valence-electron chi connectivity index (χ4n) is 4.30. The zero-order valence-corrected chi connectivity index (χ0v) is 15.6. The molecular formula is C22H22N2O4. The van der Waals surface area contributed by atoms with Crippen molar-refractivity contribution in [3.05, 3.63) is 47.7 Å². The van der Waals surface area contributed by atoms with Crippen molar-refractivity contribution in [2.24, 2.45) is 0 Å². The van der Waals surface area contributed by atoms with Gasteiger partial charge in [0.15, 0.2) is 0 Å². The predicted octanol–water partition coefficient (Wildman–Crippen LogP) is 2.94. The Bertz CT molecular complexity index is 1070. The van der Waals surface area contributed by atoms with Gasteiger partial charge < -0.3 is 9.15 Å². The van der Waals surface area contributed by atoms with E-state index in [0.717, 1.165) is 60.2 Å². The lowest BCUT2D eigenvalue weighted by Gasteiger charge is -2.26. The largest absolute Gasteiger partial charge is 0.464 e. The van der Waals surface area contributed by atoms with Crippen molar-refractivity contribution < 1.29 is 18.7 Å². The number of fused-ring (bicyclic) bond motifs is 3. The quantitative estimate of drug-likeness (QED) is 0.710. The third-order valence-corrected chi connectivity index (χ3v) is 5.77. The molecule has 1 aromatic heterocycles. The number of hydrogen-bond donors (Lipinski definition) is 1. The lowest BCUT2D eigenvalue weighted by Crippen LogP contribution is -2.39. The number of imide groups is 1. The Morgan fingerprint density at radius 1 is 1.11 bits per heavy atom. The summed E-state index contributed by atoms with van der Waals surface area (Å²) in [7, 11) is 0. The first-order chi connectivity index (χ1) is 13.7. The molecule has 2 aromatic carbocycles. The van der Waals surface area contributed by atoms with Gasteiger partial charge in [-0.2, -0.15) is 0 Å². The van der Waals surface area contributed by atoms with E-state index >= 15 is 0 Å². The van der Waals surface area contributed by atoms with Crippen molar-refractivity contribution in [2.75, 3.05) is 26.3 Å². The fourth-order valence-corrected chi connectivity index (χ4v) is 4.30. The first kappa shape index (κ1) is 17.4. The summed E-state index contributed by atoms with van der Waals surface area (Å²) in [5, 5.41) is 5.64. The van der Waals surface area contributed by atoms with Gasteiger partial charge >= 0.3 is 0 Å². The third-order valence-electron chi connectivity index (χ3n) is 5.77. The van der Waals surface area contributed by atoms with E-state index in [1.165, 1.54) is 5.56 Å². The first-order valence-electron chi connectivity index (χ1n) is 9.75. The zero-order chi connectivity index (χ0) is 19.1. The van der Waals surface area contributed by atoms with Gasteiger partial charge in [-0.1, -0.05) is 18.2 Å². The topological polar surface area (TPSA) is 71.8 Å². The lowest BCUT2D eigenvalue weighted by atomic mass is 9.88. The second-order valence-corrected chi connectivity index (χ2v) is 7.58. The molecule has 5 rings (SSSR count). The molecule has 0 bridgehead atoms. The monoisotopic (exact) mass is 378 g/mol. The van der Waals surface area contributed by atoms with Gasteiger partial charge in [0.25, 0.3) is 0 Å². The minimum atomic E-state index is -0.349. The van der Waals surface area contributed by atoms with Crippen LogP contribution in [0.2, 0.25) is 0 Å². The Kier molecular flexibility index (Phi) is 4.37. The normalized spacial score (nSPS) is 21.4. The molecule has 2 amide bonds. The second-order valence-electron chi connectivity index (χ2n) is 7.58. The molecule has 144 valence electrons. The van der Waals surface area contributed by atoms with Crippen LogP contribution in [0.1, 0.15) is 29.9 Å². The highest BCUT2D eigenvalue weighted by Crippen LogP contribution is 2.37. The summed E-state index contributed by atoms with van der Waals surface area (Å²) < 4.78 is 11.2. The number of benzene rings is 2. The van der Waals surface area contributed by atoms with Crippen LogP contribution < -0.4 is 5.32 Å². The van der Waals surface area contributed by atoms with E-state index in [0.29, 0.717) is 12.8 Å². The van der Waals surface area contributed by atoms with E-state index < -0.39 is 0 Å². The standard InChI is InChI=1S/C22H22N2O4/c25-20-6-4-17(22(26)23-20)18-13-28-19-5-2-15-11-14(1-3-16(15)21(18)19)12-24-7-9-27-10-8-24/h1-3,5,11,13,17H,4,6-10,12H2,(H,23,25,26)/t17-/m1/s1. The zero-order valence-electron chi connectivity index (χ0n) is 15.6. The third kappa shape index (κ3) is 3.08. The number of ether oxygens (including phenoxy) is 1. The predicted molar refractivity (Wildman–Crippen MR) is 105 cm³/mol. The van der Waals surface area contributed by atoms with E-state index in [9.17, 15) is 9.59 Å². The summed E-state index contributed by atoms with van der Waals surface area (Å²) in [5.41, 5.74) is 2.90. The highest BCUT2D eigenvalue weighted by molar-refractivity contribution is 6.10. The minimum Gasteiger partial charge on any atom is -0.464 e. The maximum Gasteiger partial charge on any atom is 0.234 e. The van der Waals surface area contributed by atoms with Crippen LogP contribution in [-0.2, 0) is 20.9 Å². The Morgan fingerprint density at radius 3 is 2.79 bits per heavy atom. The van der Waals surface area contributed by atoms with Gasteiger partial charge in [0, 0.05) is 37.0 Å². The van der Waals surface area contributed by atoms with Crippen LogP contribution in [0.5, 0.6) is 0 Å². The maximum absolute atomic E-state index is 12.4. The molecule has 0 aliphatic carbocycles. The van der Waals surface area contributed by atoms with Gasteiger partial charge in [0.1, 0.15) is 5.58 Å². The second kappa shape index (κ2) is 7.04. The van der Waals surface area contributed by atoms with Crippen molar-refractivity contribution in [2.45, 2.75) is 25.3 Å². The molecule has 28 heavy (non-hydrogen) atoms. The molecule has 2 aliphatic heterocycles. The molecule has 0 spiro atoms. The summed E-state index contributed by atoms with van der Waals surface area (Å²) >= 11 is 0. The van der Waals surface area contributed by atoms with Gasteiger partial charge in [-0.05, 0) is 34.9 Å². The van der Waals surface area contributed by atoms with Crippen molar-refractivity contribution in [1.82, 2.24) is 10.2 Å². The fraction of sp³-hybridized carbons (Fsp3) is 0.364. The van der Waals surface area contributed by atoms with Crippen LogP contribution in [0.4, 0.5) is 0 Å². The van der Waals surface area contributed by atoms with Crippen molar-refractivity contribution in [3.63, 3.8) is 0 Å². The smallest absolute Gasteiger partial charge is 0.234 e. The Labute approximate surface area is 162 Å². The SMILES string of the molecule is O=C1CC[C@H](c2coc3ccc4cc(CN5CCOCC5)ccc4c23)C(=O)N1. The number of piperidine rings is 1. The number of carbonyl (C=O) groups is 2. The number of nitrogens with zero attached hydrogens (tertiary/aromatic N) is 1. The highest BCUT2D eigenvalue weighted by Gasteiger charge is 2.31. The van der Waals surface area contributed by atoms with Crippen LogP contribution in [0.15, 0.2) is 41.0 Å². The summed E-state index contributed by atoms with van der Waals surface area (Å²) in [6.45, 7) is 4.40. The van der Waals surface area contributed by atoms with E-state index in [-0.39, 0.29) is 17.7 Å². The first-order valence-corrected chi connectivity index (χ1v) is 9.75. The van der Waals surface area contributed by atoms with Gasteiger partial charge in [0.2, 0.25) is 11.8 Å². The molecule has 3 heterocycles. The molecule has 0 saturated carbocycles. The van der Waals surface area contributed by atoms with E-state index in [4.69, 9.17) is 9.15 Å². The van der Waals surface area contributed by atoms with E-state index in [1.807, 2.05) is 6.07 Å². The average Bonchev–Trinajstić information content (AvgIpc) is 3.13. The van der Waals surface area contributed by atoms with E-state index in [2.05, 4.69) is 34.5 Å². The van der Waals surface area contributed by atoms with E-state index in [1.54, 1.807) is 6.26 Å².